The van der Waals surface area contributed by atoms with E-state index in [0.29, 0.717) is 10.8 Å². The van der Waals surface area contributed by atoms with Gasteiger partial charge in [0.15, 0.2) is 5.11 Å². The summed E-state index contributed by atoms with van der Waals surface area (Å²) in [6, 6.07) is 11.5. The number of alkyl halides is 3. The van der Waals surface area contributed by atoms with Gasteiger partial charge in [-0.2, -0.15) is 13.2 Å². The molecule has 9 heteroatoms. The molecular formula is C19H15BrF3N3OS. The summed E-state index contributed by atoms with van der Waals surface area (Å²) >= 11 is 8.53. The van der Waals surface area contributed by atoms with Gasteiger partial charge in [-0.25, -0.2) is 0 Å². The molecule has 28 heavy (non-hydrogen) atoms. The number of halogens is 4. The molecule has 1 aliphatic rings. The lowest BCUT2D eigenvalue weighted by Crippen LogP contribution is -2.45. The Morgan fingerprint density at radius 1 is 1.14 bits per heavy atom. The normalized spacial score (nSPS) is 17.0. The van der Waals surface area contributed by atoms with E-state index in [1.807, 2.05) is 12.1 Å². The molecule has 0 spiro atoms. The van der Waals surface area contributed by atoms with E-state index in [2.05, 4.69) is 31.9 Å². The molecule has 0 bridgehead atoms. The highest BCUT2D eigenvalue weighted by molar-refractivity contribution is 9.10. The fourth-order valence-electron chi connectivity index (χ4n) is 2.93. The van der Waals surface area contributed by atoms with Gasteiger partial charge in [0, 0.05) is 10.2 Å². The molecule has 0 saturated heterocycles. The maximum absolute atomic E-state index is 13.2. The van der Waals surface area contributed by atoms with E-state index in [1.165, 1.54) is 18.2 Å². The number of allylic oxidation sites excluding steroid dienone is 1. The maximum atomic E-state index is 13.2. The van der Waals surface area contributed by atoms with Crippen LogP contribution in [-0.4, -0.2) is 11.0 Å². The number of amides is 1. The summed E-state index contributed by atoms with van der Waals surface area (Å²) in [7, 11) is 0. The van der Waals surface area contributed by atoms with Gasteiger partial charge >= 0.3 is 6.18 Å². The largest absolute Gasteiger partial charge is 0.418 e. The first-order valence-electron chi connectivity index (χ1n) is 8.18. The van der Waals surface area contributed by atoms with Crippen LogP contribution in [0.5, 0.6) is 0 Å². The molecule has 0 aliphatic carbocycles. The summed E-state index contributed by atoms with van der Waals surface area (Å²) in [6.45, 7) is 1.66. The van der Waals surface area contributed by atoms with Crippen molar-refractivity contribution in [2.45, 2.75) is 19.1 Å². The smallest absolute Gasteiger partial charge is 0.351 e. The summed E-state index contributed by atoms with van der Waals surface area (Å²) in [4.78, 5) is 12.9. The Hall–Kier alpha value is -2.39. The van der Waals surface area contributed by atoms with Crippen LogP contribution < -0.4 is 16.0 Å². The molecule has 3 N–H and O–H groups in total. The fourth-order valence-corrected chi connectivity index (χ4v) is 3.46. The Bertz CT molecular complexity index is 958. The highest BCUT2D eigenvalue weighted by Crippen LogP contribution is 2.35. The Morgan fingerprint density at radius 2 is 1.79 bits per heavy atom. The molecule has 1 amide bonds. The summed E-state index contributed by atoms with van der Waals surface area (Å²) in [5, 5.41) is 8.59. The Balaban J connectivity index is 1.98. The molecule has 1 atom stereocenters. The fraction of sp³-hybridized carbons (Fsp3) is 0.158. The van der Waals surface area contributed by atoms with Crippen molar-refractivity contribution in [1.29, 1.82) is 0 Å². The lowest BCUT2D eigenvalue weighted by molar-refractivity contribution is -0.137. The number of hydrogen-bond donors (Lipinski definition) is 3. The van der Waals surface area contributed by atoms with Gasteiger partial charge < -0.3 is 16.0 Å². The van der Waals surface area contributed by atoms with E-state index in [-0.39, 0.29) is 11.3 Å². The zero-order valence-corrected chi connectivity index (χ0v) is 16.9. The molecule has 0 aromatic heterocycles. The summed E-state index contributed by atoms with van der Waals surface area (Å²) in [5.41, 5.74) is 0.268. The average Bonchev–Trinajstić information content (AvgIpc) is 2.61. The summed E-state index contributed by atoms with van der Waals surface area (Å²) in [5.74, 6) is -0.649. The van der Waals surface area contributed by atoms with Gasteiger partial charge in [0.2, 0.25) is 0 Å². The van der Waals surface area contributed by atoms with Crippen LogP contribution in [0.2, 0.25) is 0 Å². The highest BCUT2D eigenvalue weighted by Gasteiger charge is 2.35. The molecule has 1 heterocycles. The van der Waals surface area contributed by atoms with Crippen molar-refractivity contribution < 1.29 is 18.0 Å². The molecule has 1 unspecified atom stereocenters. The first-order chi connectivity index (χ1) is 13.2. The summed E-state index contributed by atoms with van der Waals surface area (Å²) in [6.07, 6.45) is -4.58. The van der Waals surface area contributed by atoms with Crippen LogP contribution in [0.25, 0.3) is 0 Å². The minimum absolute atomic E-state index is 0.257. The number of thiocarbonyl (C=S) groups is 1. The van der Waals surface area contributed by atoms with E-state index in [0.717, 1.165) is 16.1 Å². The molecule has 0 radical (unpaired) electrons. The molecule has 1 aliphatic heterocycles. The number of para-hydroxylation sites is 1. The van der Waals surface area contributed by atoms with E-state index in [1.54, 1.807) is 19.1 Å². The summed E-state index contributed by atoms with van der Waals surface area (Å²) < 4.78 is 40.6. The number of anilines is 1. The number of benzene rings is 2. The second kappa shape index (κ2) is 7.92. The van der Waals surface area contributed by atoms with Crippen LogP contribution in [0.4, 0.5) is 18.9 Å². The SMILES string of the molecule is CC1=C(C(=O)Nc2ccccc2C(F)(F)F)C(c2ccc(Br)cc2)NC(=S)N1. The number of carbonyl (C=O) groups is 1. The van der Waals surface area contributed by atoms with Crippen LogP contribution >= 0.6 is 28.1 Å². The van der Waals surface area contributed by atoms with E-state index in [4.69, 9.17) is 12.2 Å². The van der Waals surface area contributed by atoms with Crippen molar-refractivity contribution in [3.05, 3.63) is 75.4 Å². The van der Waals surface area contributed by atoms with Crippen molar-refractivity contribution in [3.8, 4) is 0 Å². The predicted molar refractivity (Wildman–Crippen MR) is 109 cm³/mol. The monoisotopic (exact) mass is 469 g/mol. The van der Waals surface area contributed by atoms with Crippen LogP contribution in [0.3, 0.4) is 0 Å². The molecule has 3 rings (SSSR count). The number of carbonyl (C=O) groups excluding carboxylic acids is 1. The lowest BCUT2D eigenvalue weighted by Gasteiger charge is -2.30. The molecule has 146 valence electrons. The third kappa shape index (κ3) is 4.36. The first kappa shape index (κ1) is 20.3. The first-order valence-corrected chi connectivity index (χ1v) is 9.38. The zero-order valence-electron chi connectivity index (χ0n) is 14.5. The van der Waals surface area contributed by atoms with Crippen molar-refractivity contribution >= 4 is 44.9 Å². The van der Waals surface area contributed by atoms with Gasteiger partial charge in [-0.15, -0.1) is 0 Å². The van der Waals surface area contributed by atoms with E-state index in [9.17, 15) is 18.0 Å². The molecule has 0 fully saturated rings. The van der Waals surface area contributed by atoms with E-state index >= 15 is 0 Å². The second-order valence-corrected chi connectivity index (χ2v) is 7.44. The standard InChI is InChI=1S/C19H15BrF3N3OS/c1-10-15(16(26-18(28)24-10)11-6-8-12(20)9-7-11)17(27)25-14-5-3-2-4-13(14)19(21,22)23/h2-9,16H,1H3,(H,25,27)(H2,24,26,28). The number of nitrogens with one attached hydrogen (secondary N) is 3. The zero-order chi connectivity index (χ0) is 20.5. The van der Waals surface area contributed by atoms with Crippen molar-refractivity contribution in [1.82, 2.24) is 10.6 Å². The average molecular weight is 470 g/mol. The molecule has 2 aromatic rings. The molecular weight excluding hydrogens is 455 g/mol. The molecule has 4 nitrogen and oxygen atoms in total. The Kier molecular flexibility index (Phi) is 5.76. The quantitative estimate of drug-likeness (QED) is 0.559. The Labute approximate surface area is 173 Å². The molecule has 2 aromatic carbocycles. The van der Waals surface area contributed by atoms with E-state index < -0.39 is 23.7 Å². The minimum Gasteiger partial charge on any atom is -0.351 e. The van der Waals surface area contributed by atoms with Gasteiger partial charge in [-0.1, -0.05) is 40.2 Å². The number of hydrogen-bond acceptors (Lipinski definition) is 2. The van der Waals surface area contributed by atoms with Crippen LogP contribution in [-0.2, 0) is 11.0 Å². The van der Waals surface area contributed by atoms with Crippen LogP contribution in [0.1, 0.15) is 24.1 Å². The third-order valence-corrected chi connectivity index (χ3v) is 4.95. The maximum Gasteiger partial charge on any atom is 0.418 e. The van der Waals surface area contributed by atoms with Gasteiger partial charge in [0.25, 0.3) is 5.91 Å². The Morgan fingerprint density at radius 3 is 2.43 bits per heavy atom. The third-order valence-electron chi connectivity index (χ3n) is 4.20. The lowest BCUT2D eigenvalue weighted by atomic mass is 9.95. The topological polar surface area (TPSA) is 53.2 Å². The van der Waals surface area contributed by atoms with Gasteiger partial charge in [0.05, 0.1) is 22.9 Å². The second-order valence-electron chi connectivity index (χ2n) is 6.12. The number of rotatable bonds is 3. The van der Waals surface area contributed by atoms with Gasteiger partial charge in [-0.05, 0) is 49.0 Å². The van der Waals surface area contributed by atoms with Gasteiger partial charge in [-0.3, -0.25) is 4.79 Å². The van der Waals surface area contributed by atoms with Crippen LogP contribution in [0.15, 0.2) is 64.3 Å². The minimum atomic E-state index is -4.58. The van der Waals surface area contributed by atoms with Crippen molar-refractivity contribution in [2.75, 3.05) is 5.32 Å². The predicted octanol–water partition coefficient (Wildman–Crippen LogP) is 4.90. The van der Waals surface area contributed by atoms with Crippen molar-refractivity contribution in [2.24, 2.45) is 0 Å². The van der Waals surface area contributed by atoms with Gasteiger partial charge in [0.1, 0.15) is 0 Å². The van der Waals surface area contributed by atoms with Crippen molar-refractivity contribution in [3.63, 3.8) is 0 Å². The van der Waals surface area contributed by atoms with Crippen LogP contribution in [0, 0.1) is 0 Å². The molecule has 0 saturated carbocycles. The highest BCUT2D eigenvalue weighted by atomic mass is 79.9.